The summed E-state index contributed by atoms with van der Waals surface area (Å²) in [5.74, 6) is 0.403. The van der Waals surface area contributed by atoms with Gasteiger partial charge >= 0.3 is 5.97 Å². The third kappa shape index (κ3) is 1.82. The molecule has 0 bridgehead atoms. The number of nitrogens with one attached hydrogen (secondary N) is 1. The van der Waals surface area contributed by atoms with E-state index in [-0.39, 0.29) is 5.97 Å². The van der Waals surface area contributed by atoms with Crippen molar-refractivity contribution in [1.82, 2.24) is 4.98 Å². The number of rotatable bonds is 2. The first-order valence-corrected chi connectivity index (χ1v) is 5.74. The van der Waals surface area contributed by atoms with E-state index in [2.05, 4.69) is 10.3 Å². The van der Waals surface area contributed by atoms with E-state index in [4.69, 9.17) is 4.74 Å². The molecule has 0 radical (unpaired) electrons. The fourth-order valence-electron chi connectivity index (χ4n) is 2.01. The third-order valence-electron chi connectivity index (χ3n) is 2.86. The number of pyridine rings is 1. The SMILES string of the molecule is Cc1cccc(NC2OC(=O)c3ccccc32)n1. The summed E-state index contributed by atoms with van der Waals surface area (Å²) in [6.07, 6.45) is -0.456. The van der Waals surface area contributed by atoms with Gasteiger partial charge in [-0.15, -0.1) is 0 Å². The van der Waals surface area contributed by atoms with Gasteiger partial charge in [0.25, 0.3) is 0 Å². The Hall–Kier alpha value is -2.36. The smallest absolute Gasteiger partial charge is 0.340 e. The van der Waals surface area contributed by atoms with Gasteiger partial charge in [0.15, 0.2) is 0 Å². The molecule has 1 aromatic carbocycles. The highest BCUT2D eigenvalue weighted by atomic mass is 16.6. The third-order valence-corrected chi connectivity index (χ3v) is 2.86. The number of hydrogen-bond acceptors (Lipinski definition) is 4. The maximum absolute atomic E-state index is 11.7. The predicted octanol–water partition coefficient (Wildman–Crippen LogP) is 2.67. The van der Waals surface area contributed by atoms with Gasteiger partial charge in [-0.05, 0) is 25.1 Å². The number of esters is 1. The van der Waals surface area contributed by atoms with E-state index in [0.717, 1.165) is 11.3 Å². The average Bonchev–Trinajstić information content (AvgIpc) is 2.67. The molecule has 1 N–H and O–H groups in total. The van der Waals surface area contributed by atoms with Crippen LogP contribution in [0.5, 0.6) is 0 Å². The van der Waals surface area contributed by atoms with Crippen LogP contribution in [0.3, 0.4) is 0 Å². The second kappa shape index (κ2) is 4.14. The highest BCUT2D eigenvalue weighted by Gasteiger charge is 2.30. The first-order valence-electron chi connectivity index (χ1n) is 5.74. The quantitative estimate of drug-likeness (QED) is 0.820. The van der Waals surface area contributed by atoms with Crippen LogP contribution in [0, 0.1) is 6.92 Å². The van der Waals surface area contributed by atoms with Crippen LogP contribution in [-0.2, 0) is 4.74 Å². The lowest BCUT2D eigenvalue weighted by Gasteiger charge is -2.13. The second-order valence-corrected chi connectivity index (χ2v) is 4.18. The fourth-order valence-corrected chi connectivity index (χ4v) is 2.01. The van der Waals surface area contributed by atoms with E-state index >= 15 is 0 Å². The first-order chi connectivity index (χ1) is 8.74. The van der Waals surface area contributed by atoms with Crippen molar-refractivity contribution in [2.75, 3.05) is 5.32 Å². The average molecular weight is 240 g/mol. The molecule has 0 saturated heterocycles. The molecule has 4 heteroatoms. The summed E-state index contributed by atoms with van der Waals surface area (Å²) < 4.78 is 5.29. The molecule has 0 aliphatic carbocycles. The van der Waals surface area contributed by atoms with Crippen LogP contribution >= 0.6 is 0 Å². The monoisotopic (exact) mass is 240 g/mol. The van der Waals surface area contributed by atoms with Crippen LogP contribution in [0.25, 0.3) is 0 Å². The molecule has 2 aromatic rings. The number of benzene rings is 1. The van der Waals surface area contributed by atoms with Crippen molar-refractivity contribution in [1.29, 1.82) is 0 Å². The molecule has 1 aliphatic heterocycles. The Morgan fingerprint density at radius 2 is 2.00 bits per heavy atom. The van der Waals surface area contributed by atoms with Crippen LogP contribution in [0.1, 0.15) is 27.8 Å². The van der Waals surface area contributed by atoms with Crippen molar-refractivity contribution in [3.63, 3.8) is 0 Å². The van der Waals surface area contributed by atoms with Crippen molar-refractivity contribution >= 4 is 11.8 Å². The lowest BCUT2D eigenvalue weighted by Crippen LogP contribution is -2.11. The molecule has 90 valence electrons. The largest absolute Gasteiger partial charge is 0.434 e. The molecule has 0 spiro atoms. The van der Waals surface area contributed by atoms with Gasteiger partial charge in [-0.3, -0.25) is 0 Å². The number of fused-ring (bicyclic) bond motifs is 1. The Labute approximate surface area is 105 Å². The normalized spacial score (nSPS) is 17.2. The molecule has 1 unspecified atom stereocenters. The molecular weight excluding hydrogens is 228 g/mol. The van der Waals surface area contributed by atoms with Crippen molar-refractivity contribution in [2.45, 2.75) is 13.2 Å². The Balaban J connectivity index is 1.90. The number of anilines is 1. The fraction of sp³-hybridized carbons (Fsp3) is 0.143. The number of carbonyl (C=O) groups excluding carboxylic acids is 1. The van der Waals surface area contributed by atoms with Crippen LogP contribution in [-0.4, -0.2) is 11.0 Å². The maximum Gasteiger partial charge on any atom is 0.340 e. The maximum atomic E-state index is 11.7. The molecule has 1 atom stereocenters. The molecule has 1 aliphatic rings. The summed E-state index contributed by atoms with van der Waals surface area (Å²) in [6, 6.07) is 13.0. The van der Waals surface area contributed by atoms with E-state index in [0.29, 0.717) is 11.4 Å². The van der Waals surface area contributed by atoms with Gasteiger partial charge in [-0.2, -0.15) is 0 Å². The first kappa shape index (κ1) is 10.8. The highest BCUT2D eigenvalue weighted by Crippen LogP contribution is 2.30. The molecule has 18 heavy (non-hydrogen) atoms. The zero-order valence-corrected chi connectivity index (χ0v) is 9.88. The van der Waals surface area contributed by atoms with Crippen LogP contribution < -0.4 is 5.32 Å². The van der Waals surface area contributed by atoms with Crippen molar-refractivity contribution in [3.8, 4) is 0 Å². The number of ether oxygens (including phenoxy) is 1. The highest BCUT2D eigenvalue weighted by molar-refractivity contribution is 5.94. The zero-order chi connectivity index (χ0) is 12.5. The van der Waals surface area contributed by atoms with Gasteiger partial charge < -0.3 is 10.1 Å². The minimum atomic E-state index is -0.456. The van der Waals surface area contributed by atoms with E-state index in [9.17, 15) is 4.79 Å². The van der Waals surface area contributed by atoms with E-state index in [1.165, 1.54) is 0 Å². The van der Waals surface area contributed by atoms with Crippen molar-refractivity contribution < 1.29 is 9.53 Å². The number of hydrogen-bond donors (Lipinski definition) is 1. The van der Waals surface area contributed by atoms with E-state index in [1.54, 1.807) is 6.07 Å². The molecule has 0 fully saturated rings. The van der Waals surface area contributed by atoms with Gasteiger partial charge in [-0.25, -0.2) is 9.78 Å². The van der Waals surface area contributed by atoms with Crippen LogP contribution in [0.15, 0.2) is 42.5 Å². The number of nitrogens with zero attached hydrogens (tertiary/aromatic N) is 1. The molecule has 2 heterocycles. The standard InChI is InChI=1S/C14H12N2O2/c1-9-5-4-8-12(15-9)16-13-10-6-2-3-7-11(10)14(17)18-13/h2-8,13H,1H3,(H,15,16). The van der Waals surface area contributed by atoms with Crippen molar-refractivity contribution in [2.24, 2.45) is 0 Å². The Kier molecular flexibility index (Phi) is 2.48. The molecule has 1 aromatic heterocycles. The summed E-state index contributed by atoms with van der Waals surface area (Å²) in [5.41, 5.74) is 2.38. The Morgan fingerprint density at radius 3 is 2.83 bits per heavy atom. The zero-order valence-electron chi connectivity index (χ0n) is 9.88. The molecule has 0 amide bonds. The van der Waals surface area contributed by atoms with Crippen molar-refractivity contribution in [3.05, 3.63) is 59.3 Å². The molecule has 0 saturated carbocycles. The molecule has 3 rings (SSSR count). The second-order valence-electron chi connectivity index (χ2n) is 4.18. The molecule has 4 nitrogen and oxygen atoms in total. The van der Waals surface area contributed by atoms with Gasteiger partial charge in [0, 0.05) is 11.3 Å². The number of aryl methyl sites for hydroxylation is 1. The summed E-state index contributed by atoms with van der Waals surface area (Å²) in [6.45, 7) is 1.92. The van der Waals surface area contributed by atoms with E-state index < -0.39 is 6.23 Å². The van der Waals surface area contributed by atoms with Gasteiger partial charge in [0.1, 0.15) is 5.82 Å². The van der Waals surface area contributed by atoms with Crippen LogP contribution in [0.4, 0.5) is 5.82 Å². The lowest BCUT2D eigenvalue weighted by molar-refractivity contribution is 0.0436. The Bertz CT molecular complexity index is 610. The number of aromatic nitrogens is 1. The van der Waals surface area contributed by atoms with E-state index in [1.807, 2.05) is 43.3 Å². The van der Waals surface area contributed by atoms with Gasteiger partial charge in [0.2, 0.25) is 6.23 Å². The lowest BCUT2D eigenvalue weighted by atomic mass is 10.1. The molecular formula is C14H12N2O2. The summed E-state index contributed by atoms with van der Waals surface area (Å²) in [4.78, 5) is 16.0. The number of carbonyl (C=O) groups is 1. The Morgan fingerprint density at radius 1 is 1.17 bits per heavy atom. The minimum absolute atomic E-state index is 0.296. The minimum Gasteiger partial charge on any atom is -0.434 e. The topological polar surface area (TPSA) is 51.2 Å². The predicted molar refractivity (Wildman–Crippen MR) is 67.2 cm³/mol. The number of cyclic esters (lactones) is 1. The summed E-state index contributed by atoms with van der Waals surface area (Å²) >= 11 is 0. The van der Waals surface area contributed by atoms with Crippen LogP contribution in [0.2, 0.25) is 0 Å². The van der Waals surface area contributed by atoms with Gasteiger partial charge in [0.05, 0.1) is 5.56 Å². The summed E-state index contributed by atoms with van der Waals surface area (Å²) in [5, 5.41) is 3.11. The summed E-state index contributed by atoms with van der Waals surface area (Å²) in [7, 11) is 0. The van der Waals surface area contributed by atoms with Gasteiger partial charge in [-0.1, -0.05) is 24.3 Å².